The van der Waals surface area contributed by atoms with E-state index >= 15 is 0 Å². The minimum Gasteiger partial charge on any atom is -0.309 e. The number of nitrogens with zero attached hydrogens (tertiary/aromatic N) is 3. The summed E-state index contributed by atoms with van der Waals surface area (Å²) in [6, 6.07) is 5.04. The standard InChI is InChI=1S/C10H10N4O4S/c11-19(16,17)6-4-9(15)14(5-6)8-3-1-2-7-10(8)13-18-12-7/h1-3,6H,4-5H2,(H2,11,16,17). The number of hydrogen-bond donors (Lipinski definition) is 1. The van der Waals surface area contributed by atoms with Gasteiger partial charge in [-0.05, 0) is 22.4 Å². The maximum absolute atomic E-state index is 11.9. The van der Waals surface area contributed by atoms with Gasteiger partial charge in [-0.25, -0.2) is 18.2 Å². The van der Waals surface area contributed by atoms with Gasteiger partial charge >= 0.3 is 0 Å². The molecule has 1 saturated heterocycles. The molecule has 1 atom stereocenters. The zero-order chi connectivity index (χ0) is 13.6. The summed E-state index contributed by atoms with van der Waals surface area (Å²) in [4.78, 5) is 13.3. The molecule has 19 heavy (non-hydrogen) atoms. The molecule has 0 saturated carbocycles. The van der Waals surface area contributed by atoms with E-state index in [0.717, 1.165) is 0 Å². The van der Waals surface area contributed by atoms with Crippen molar-refractivity contribution in [3.8, 4) is 0 Å². The number of primary sulfonamides is 1. The largest absolute Gasteiger partial charge is 0.309 e. The van der Waals surface area contributed by atoms with Crippen LogP contribution in [0.2, 0.25) is 0 Å². The molecule has 100 valence electrons. The van der Waals surface area contributed by atoms with Gasteiger partial charge in [0.05, 0.1) is 5.69 Å². The Hall–Kier alpha value is -2.00. The third kappa shape index (κ3) is 1.96. The number of fused-ring (bicyclic) bond motifs is 1. The molecule has 0 spiro atoms. The van der Waals surface area contributed by atoms with E-state index in [1.165, 1.54) is 4.90 Å². The molecule has 8 nitrogen and oxygen atoms in total. The Morgan fingerprint density at radius 3 is 2.84 bits per heavy atom. The highest BCUT2D eigenvalue weighted by molar-refractivity contribution is 7.89. The van der Waals surface area contributed by atoms with Crippen molar-refractivity contribution in [3.05, 3.63) is 18.2 Å². The van der Waals surface area contributed by atoms with Crippen LogP contribution in [0.1, 0.15) is 6.42 Å². The van der Waals surface area contributed by atoms with Crippen molar-refractivity contribution >= 4 is 32.7 Å². The molecule has 1 amide bonds. The van der Waals surface area contributed by atoms with Crippen LogP contribution in [0.5, 0.6) is 0 Å². The van der Waals surface area contributed by atoms with E-state index in [4.69, 9.17) is 5.14 Å². The van der Waals surface area contributed by atoms with E-state index in [-0.39, 0.29) is 18.9 Å². The topological polar surface area (TPSA) is 119 Å². The molecule has 0 aliphatic carbocycles. The van der Waals surface area contributed by atoms with Gasteiger partial charge in [0.2, 0.25) is 15.9 Å². The molecule has 0 bridgehead atoms. The molecule has 1 unspecified atom stereocenters. The van der Waals surface area contributed by atoms with Crippen LogP contribution in [0.3, 0.4) is 0 Å². The lowest BCUT2D eigenvalue weighted by molar-refractivity contribution is -0.117. The van der Waals surface area contributed by atoms with E-state index in [9.17, 15) is 13.2 Å². The number of aromatic nitrogens is 2. The van der Waals surface area contributed by atoms with Crippen molar-refractivity contribution in [2.24, 2.45) is 5.14 Å². The van der Waals surface area contributed by atoms with Gasteiger partial charge in [0.25, 0.3) is 0 Å². The second kappa shape index (κ2) is 4.00. The molecule has 2 N–H and O–H groups in total. The van der Waals surface area contributed by atoms with E-state index in [1.807, 2.05) is 0 Å². The van der Waals surface area contributed by atoms with Crippen LogP contribution >= 0.6 is 0 Å². The van der Waals surface area contributed by atoms with Crippen molar-refractivity contribution in [3.63, 3.8) is 0 Å². The summed E-state index contributed by atoms with van der Waals surface area (Å²) in [5.74, 6) is -0.311. The van der Waals surface area contributed by atoms with Crippen LogP contribution in [-0.2, 0) is 14.8 Å². The summed E-state index contributed by atoms with van der Waals surface area (Å²) in [5.41, 5.74) is 1.41. The number of carbonyl (C=O) groups excluding carboxylic acids is 1. The third-order valence-corrected chi connectivity index (χ3v) is 4.35. The van der Waals surface area contributed by atoms with Crippen LogP contribution in [0.25, 0.3) is 11.0 Å². The van der Waals surface area contributed by atoms with Crippen LogP contribution < -0.4 is 10.0 Å². The quantitative estimate of drug-likeness (QED) is 0.801. The fourth-order valence-electron chi connectivity index (χ4n) is 2.14. The smallest absolute Gasteiger partial charge is 0.228 e. The number of benzene rings is 1. The third-order valence-electron chi connectivity index (χ3n) is 3.11. The lowest BCUT2D eigenvalue weighted by Crippen LogP contribution is -2.32. The molecular weight excluding hydrogens is 272 g/mol. The number of sulfonamides is 1. The lowest BCUT2D eigenvalue weighted by Gasteiger charge is -2.15. The SMILES string of the molecule is NS(=O)(=O)C1CC(=O)N(c2cccc3nonc23)C1. The van der Waals surface area contributed by atoms with Gasteiger partial charge in [0, 0.05) is 13.0 Å². The molecule has 0 radical (unpaired) electrons. The second-order valence-electron chi connectivity index (χ2n) is 4.33. The number of nitrogens with two attached hydrogens (primary N) is 1. The fraction of sp³-hybridized carbons (Fsp3) is 0.300. The Labute approximate surface area is 108 Å². The van der Waals surface area contributed by atoms with Crippen molar-refractivity contribution in [1.82, 2.24) is 10.3 Å². The molecular formula is C10H10N4O4S. The number of amides is 1. The Morgan fingerprint density at radius 2 is 2.16 bits per heavy atom. The molecule has 2 aromatic rings. The zero-order valence-electron chi connectivity index (χ0n) is 9.68. The van der Waals surface area contributed by atoms with Crippen molar-refractivity contribution in [1.29, 1.82) is 0 Å². The molecule has 1 fully saturated rings. The predicted octanol–water partition coefficient (Wildman–Crippen LogP) is -0.383. The maximum Gasteiger partial charge on any atom is 0.228 e. The highest BCUT2D eigenvalue weighted by Crippen LogP contribution is 2.29. The molecule has 3 rings (SSSR count). The van der Waals surface area contributed by atoms with E-state index < -0.39 is 15.3 Å². The van der Waals surface area contributed by atoms with Crippen molar-refractivity contribution in [2.75, 3.05) is 11.4 Å². The molecule has 9 heteroatoms. The summed E-state index contributed by atoms with van der Waals surface area (Å²) >= 11 is 0. The number of carbonyl (C=O) groups is 1. The Bertz CT molecular complexity index is 754. The number of hydrogen-bond acceptors (Lipinski definition) is 6. The Balaban J connectivity index is 2.04. The van der Waals surface area contributed by atoms with Gasteiger partial charge in [0.15, 0.2) is 5.52 Å². The van der Waals surface area contributed by atoms with Crippen LogP contribution in [0.15, 0.2) is 22.8 Å². The van der Waals surface area contributed by atoms with Crippen LogP contribution in [-0.4, -0.2) is 36.4 Å². The normalized spacial score (nSPS) is 20.4. The van der Waals surface area contributed by atoms with Crippen LogP contribution in [0, 0.1) is 0 Å². The maximum atomic E-state index is 11.9. The van der Waals surface area contributed by atoms with Crippen molar-refractivity contribution in [2.45, 2.75) is 11.7 Å². The van der Waals surface area contributed by atoms with Crippen LogP contribution in [0.4, 0.5) is 5.69 Å². The first-order chi connectivity index (χ1) is 8.97. The monoisotopic (exact) mass is 282 g/mol. The van der Waals surface area contributed by atoms with Gasteiger partial charge in [-0.2, -0.15) is 0 Å². The average Bonchev–Trinajstić information content (AvgIpc) is 2.93. The van der Waals surface area contributed by atoms with Crippen molar-refractivity contribution < 1.29 is 17.8 Å². The van der Waals surface area contributed by atoms with E-state index in [1.54, 1.807) is 18.2 Å². The molecule has 1 aliphatic rings. The first-order valence-corrected chi connectivity index (χ1v) is 7.11. The molecule has 1 aliphatic heterocycles. The minimum atomic E-state index is -3.74. The summed E-state index contributed by atoms with van der Waals surface area (Å²) in [6.07, 6.45) is -0.125. The summed E-state index contributed by atoms with van der Waals surface area (Å²) in [7, 11) is -3.74. The highest BCUT2D eigenvalue weighted by Gasteiger charge is 2.38. The van der Waals surface area contributed by atoms with Gasteiger partial charge in [-0.3, -0.25) is 4.79 Å². The van der Waals surface area contributed by atoms with E-state index in [0.29, 0.717) is 16.7 Å². The summed E-state index contributed by atoms with van der Waals surface area (Å²) in [6.45, 7) is 0.0175. The second-order valence-corrected chi connectivity index (χ2v) is 6.17. The predicted molar refractivity (Wildman–Crippen MR) is 65.7 cm³/mol. The summed E-state index contributed by atoms with van der Waals surface area (Å²) < 4.78 is 27.3. The summed E-state index contributed by atoms with van der Waals surface area (Å²) in [5, 5.41) is 11.6. The Kier molecular flexibility index (Phi) is 2.54. The zero-order valence-corrected chi connectivity index (χ0v) is 10.5. The van der Waals surface area contributed by atoms with E-state index in [2.05, 4.69) is 14.9 Å². The van der Waals surface area contributed by atoms with Gasteiger partial charge in [0.1, 0.15) is 10.8 Å². The molecule has 1 aromatic carbocycles. The lowest BCUT2D eigenvalue weighted by atomic mass is 10.2. The molecule has 1 aromatic heterocycles. The first kappa shape index (κ1) is 12.1. The fourth-order valence-corrected chi connectivity index (χ4v) is 2.87. The Morgan fingerprint density at radius 1 is 1.37 bits per heavy atom. The van der Waals surface area contributed by atoms with Gasteiger partial charge < -0.3 is 4.90 Å². The first-order valence-electron chi connectivity index (χ1n) is 5.50. The minimum absolute atomic E-state index is 0.0175. The highest BCUT2D eigenvalue weighted by atomic mass is 32.2. The number of rotatable bonds is 2. The molecule has 2 heterocycles. The number of anilines is 1. The van der Waals surface area contributed by atoms with Gasteiger partial charge in [-0.1, -0.05) is 6.07 Å². The average molecular weight is 282 g/mol. The van der Waals surface area contributed by atoms with Gasteiger partial charge in [-0.15, -0.1) is 0 Å².